The van der Waals surface area contributed by atoms with Crippen molar-refractivity contribution in [2.24, 2.45) is 0 Å². The Morgan fingerprint density at radius 3 is 0.974 bits per heavy atom. The van der Waals surface area contributed by atoms with E-state index in [9.17, 15) is 4.79 Å². The van der Waals surface area contributed by atoms with Crippen LogP contribution < -0.4 is 20.9 Å². The van der Waals surface area contributed by atoms with Gasteiger partial charge in [0.1, 0.15) is 23.0 Å². The van der Waals surface area contributed by atoms with Crippen molar-refractivity contribution in [1.82, 2.24) is 19.9 Å². The molecule has 0 fully saturated rings. The van der Waals surface area contributed by atoms with Gasteiger partial charge in [0.15, 0.2) is 5.78 Å². The van der Waals surface area contributed by atoms with Crippen LogP contribution in [0.4, 0.5) is 11.4 Å². The third-order valence-corrected chi connectivity index (χ3v) is 14.6. The summed E-state index contributed by atoms with van der Waals surface area (Å²) in [5.74, 6) is 2.42. The van der Waals surface area contributed by atoms with Gasteiger partial charge >= 0.3 is 0 Å². The van der Waals surface area contributed by atoms with Crippen molar-refractivity contribution in [2.45, 2.75) is 19.6 Å². The van der Waals surface area contributed by atoms with Crippen LogP contribution in [0.5, 0.6) is 23.0 Å². The molecule has 0 aliphatic heterocycles. The molecule has 0 aliphatic carbocycles. The standard InChI is InChI=1S/C65H44N6O3S2/c66-47-23-27-49(28-24-47)73-51-31-37-57-59(39-51)70-63(61(68-57)43-19-33-55(34-20-43)75-53-7-3-1-4-8-53)41-11-15-45(16-12-41)65(72)46-17-13-42(14-18-46)64-62(44-21-35-56(36-22-44)76-54-9-5-2-6-10-54)69-58-38-32-52(40-60(58)71-64)74-50-29-25-48(67)26-30-50/h1-40H,66-67H2. The molecule has 0 saturated heterocycles. The van der Waals surface area contributed by atoms with Gasteiger partial charge in [0.05, 0.1) is 44.8 Å². The normalized spacial score (nSPS) is 11.2. The van der Waals surface area contributed by atoms with Gasteiger partial charge < -0.3 is 20.9 Å². The maximum atomic E-state index is 14.3. The summed E-state index contributed by atoms with van der Waals surface area (Å²) in [4.78, 5) is 39.6. The Morgan fingerprint density at radius 1 is 0.316 bits per heavy atom. The van der Waals surface area contributed by atoms with Crippen molar-refractivity contribution < 1.29 is 14.3 Å². The number of ether oxygens (including phenoxy) is 2. The van der Waals surface area contributed by atoms with Gasteiger partial charge in [0, 0.05) is 76.5 Å². The maximum Gasteiger partial charge on any atom is 0.193 e. The lowest BCUT2D eigenvalue weighted by Crippen LogP contribution is -2.02. The van der Waals surface area contributed by atoms with Crippen LogP contribution in [0.3, 0.4) is 0 Å². The minimum atomic E-state index is -0.125. The SMILES string of the molecule is Nc1ccc(Oc2ccc3nc(-c4ccc(Sc5ccccc5)cc4)c(-c4ccc(C(=O)c5ccc(-c6nc7cc(Oc8ccc(N)cc8)ccc7nc6-c6ccc(Sc7ccccc7)cc6)cc5)cc4)nc3c2)cc1. The molecule has 0 atom stereocenters. The lowest BCUT2D eigenvalue weighted by Gasteiger charge is -2.13. The molecule has 12 rings (SSSR count). The molecule has 0 spiro atoms. The molecule has 0 aliphatic rings. The molecule has 10 aromatic carbocycles. The Labute approximate surface area is 447 Å². The smallest absolute Gasteiger partial charge is 0.193 e. The number of ketones is 1. The highest BCUT2D eigenvalue weighted by atomic mass is 32.2. The highest BCUT2D eigenvalue weighted by molar-refractivity contribution is 7.99. The monoisotopic (exact) mass is 1020 g/mol. The van der Waals surface area contributed by atoms with E-state index in [1.165, 1.54) is 0 Å². The molecule has 0 amide bonds. The van der Waals surface area contributed by atoms with Crippen LogP contribution in [0.2, 0.25) is 0 Å². The van der Waals surface area contributed by atoms with E-state index in [-0.39, 0.29) is 5.78 Å². The number of carbonyl (C=O) groups is 1. The van der Waals surface area contributed by atoms with Gasteiger partial charge in [-0.1, -0.05) is 133 Å². The molecule has 76 heavy (non-hydrogen) atoms. The van der Waals surface area contributed by atoms with Gasteiger partial charge in [-0.15, -0.1) is 0 Å². The third-order valence-electron chi connectivity index (χ3n) is 12.6. The second-order valence-corrected chi connectivity index (χ2v) is 20.1. The molecule has 11 heteroatoms. The summed E-state index contributed by atoms with van der Waals surface area (Å²) in [6.07, 6.45) is 0. The maximum absolute atomic E-state index is 14.3. The fourth-order valence-electron chi connectivity index (χ4n) is 8.68. The number of nitrogens with zero attached hydrogens (tertiary/aromatic N) is 4. The number of carbonyl (C=O) groups excluding carboxylic acids is 1. The number of nitrogen functional groups attached to an aromatic ring is 2. The Bertz CT molecular complexity index is 3770. The number of hydrogen-bond donors (Lipinski definition) is 2. The van der Waals surface area contributed by atoms with Crippen LogP contribution in [0.15, 0.2) is 262 Å². The summed E-state index contributed by atoms with van der Waals surface area (Å²) in [5.41, 5.74) is 23.2. The zero-order chi connectivity index (χ0) is 51.4. The molecule has 2 aromatic heterocycles. The second kappa shape index (κ2) is 21.1. The fraction of sp³-hybridized carbons (Fsp3) is 0. The van der Waals surface area contributed by atoms with Crippen LogP contribution in [-0.4, -0.2) is 25.7 Å². The number of rotatable bonds is 14. The molecule has 9 nitrogen and oxygen atoms in total. The highest BCUT2D eigenvalue weighted by Crippen LogP contribution is 2.38. The molecule has 4 N–H and O–H groups in total. The fourth-order valence-corrected chi connectivity index (χ4v) is 10.4. The second-order valence-electron chi connectivity index (χ2n) is 17.8. The largest absolute Gasteiger partial charge is 0.457 e. The predicted octanol–water partition coefficient (Wildman–Crippen LogP) is 16.5. The Hall–Kier alpha value is -9.55. The van der Waals surface area contributed by atoms with Gasteiger partial charge in [-0.3, -0.25) is 4.79 Å². The van der Waals surface area contributed by atoms with E-state index in [2.05, 4.69) is 72.8 Å². The van der Waals surface area contributed by atoms with Crippen molar-refractivity contribution in [3.63, 3.8) is 0 Å². The Kier molecular flexibility index (Phi) is 13.2. The number of anilines is 2. The van der Waals surface area contributed by atoms with Gasteiger partial charge in [-0.2, -0.15) is 0 Å². The lowest BCUT2D eigenvalue weighted by molar-refractivity contribution is 0.103. The summed E-state index contributed by atoms with van der Waals surface area (Å²) in [7, 11) is 0. The summed E-state index contributed by atoms with van der Waals surface area (Å²) in [5, 5.41) is 0. The zero-order valence-electron chi connectivity index (χ0n) is 40.6. The number of hydrogen-bond acceptors (Lipinski definition) is 11. The summed E-state index contributed by atoms with van der Waals surface area (Å²) >= 11 is 3.40. The first-order valence-corrected chi connectivity index (χ1v) is 26.1. The third kappa shape index (κ3) is 10.6. The first-order valence-electron chi connectivity index (χ1n) is 24.4. The van der Waals surface area contributed by atoms with Crippen molar-refractivity contribution >= 4 is 62.7 Å². The molecule has 12 aromatic rings. The average molecular weight is 1020 g/mol. The summed E-state index contributed by atoms with van der Waals surface area (Å²) in [6.45, 7) is 0. The lowest BCUT2D eigenvalue weighted by atomic mass is 9.97. The number of benzene rings is 10. The minimum absolute atomic E-state index is 0.125. The zero-order valence-corrected chi connectivity index (χ0v) is 42.2. The van der Waals surface area contributed by atoms with Gasteiger partial charge in [-0.05, 0) is 121 Å². The minimum Gasteiger partial charge on any atom is -0.457 e. The number of fused-ring (bicyclic) bond motifs is 2. The summed E-state index contributed by atoms with van der Waals surface area (Å²) < 4.78 is 12.4. The van der Waals surface area contributed by atoms with Crippen LogP contribution in [0.25, 0.3) is 67.1 Å². The molecular formula is C65H44N6O3S2. The van der Waals surface area contributed by atoms with Crippen LogP contribution in [-0.2, 0) is 0 Å². The summed E-state index contributed by atoms with van der Waals surface area (Å²) in [6, 6.07) is 78.3. The quantitative estimate of drug-likeness (QED) is 0.0795. The van der Waals surface area contributed by atoms with Crippen molar-refractivity contribution in [2.75, 3.05) is 11.5 Å². The van der Waals surface area contributed by atoms with Crippen LogP contribution in [0.1, 0.15) is 15.9 Å². The van der Waals surface area contributed by atoms with Gasteiger partial charge in [-0.25, -0.2) is 19.9 Å². The molecule has 0 unspecified atom stereocenters. The molecule has 2 heterocycles. The first-order chi connectivity index (χ1) is 37.3. The Morgan fingerprint density at radius 2 is 0.618 bits per heavy atom. The van der Waals surface area contributed by atoms with E-state index < -0.39 is 0 Å². The molecule has 0 radical (unpaired) electrons. The average Bonchev–Trinajstić information content (AvgIpc) is 3.51. The highest BCUT2D eigenvalue weighted by Gasteiger charge is 2.19. The first kappa shape index (κ1) is 47.5. The van der Waals surface area contributed by atoms with E-state index >= 15 is 0 Å². The van der Waals surface area contributed by atoms with Gasteiger partial charge in [0.25, 0.3) is 0 Å². The van der Waals surface area contributed by atoms with E-state index in [1.807, 2.05) is 146 Å². The molecule has 0 saturated carbocycles. The molecule has 0 bridgehead atoms. The van der Waals surface area contributed by atoms with Crippen molar-refractivity contribution in [3.8, 4) is 68.0 Å². The van der Waals surface area contributed by atoms with E-state index in [0.29, 0.717) is 90.3 Å². The van der Waals surface area contributed by atoms with E-state index in [0.717, 1.165) is 41.8 Å². The van der Waals surface area contributed by atoms with Gasteiger partial charge in [0.2, 0.25) is 0 Å². The topological polar surface area (TPSA) is 139 Å². The Balaban J connectivity index is 0.853. The van der Waals surface area contributed by atoms with Crippen LogP contribution in [0, 0.1) is 0 Å². The van der Waals surface area contributed by atoms with Crippen molar-refractivity contribution in [3.05, 3.63) is 254 Å². The van der Waals surface area contributed by atoms with E-state index in [4.69, 9.17) is 40.9 Å². The van der Waals surface area contributed by atoms with Crippen molar-refractivity contribution in [1.29, 1.82) is 0 Å². The van der Waals surface area contributed by atoms with E-state index in [1.54, 1.807) is 47.8 Å². The number of aromatic nitrogens is 4. The molecular weight excluding hydrogens is 977 g/mol. The number of nitrogens with two attached hydrogens (primary N) is 2. The van der Waals surface area contributed by atoms with Crippen LogP contribution >= 0.6 is 23.5 Å². The predicted molar refractivity (Wildman–Crippen MR) is 307 cm³/mol. The molecule has 364 valence electrons.